The summed E-state index contributed by atoms with van der Waals surface area (Å²) in [6, 6.07) is 19.1. The molecule has 3 amide bonds. The maximum Gasteiger partial charge on any atom is 0.490 e. The number of fused-ring (bicyclic) bond motifs is 4. The molecule has 5 heterocycles. The Morgan fingerprint density at radius 1 is 0.827 bits per heavy atom. The third-order valence-corrected chi connectivity index (χ3v) is 18.6. The van der Waals surface area contributed by atoms with Gasteiger partial charge in [0.2, 0.25) is 11.8 Å². The van der Waals surface area contributed by atoms with Crippen molar-refractivity contribution in [1.82, 2.24) is 25.5 Å². The Hall–Kier alpha value is -9.26. The van der Waals surface area contributed by atoms with Crippen LogP contribution in [0.3, 0.4) is 0 Å². The van der Waals surface area contributed by atoms with Crippen molar-refractivity contribution >= 4 is 80.5 Å². The van der Waals surface area contributed by atoms with Crippen LogP contribution in [-0.4, -0.2) is 155 Å². The van der Waals surface area contributed by atoms with Crippen molar-refractivity contribution in [1.29, 1.82) is 0 Å². The molecular weight excluding hydrogens is 1360 g/mol. The summed E-state index contributed by atoms with van der Waals surface area (Å²) in [5.41, 5.74) is 22.5. The first-order valence-corrected chi connectivity index (χ1v) is 34.5. The van der Waals surface area contributed by atoms with Crippen LogP contribution in [0.25, 0.3) is 54.0 Å². The second-order valence-corrected chi connectivity index (χ2v) is 26.1. The fraction of sp³-hybridized carbons (Fsp3) is 0.397. The number of carboxylic acids is 1. The number of hydrogen-bond donors (Lipinski definition) is 11. The Morgan fingerprint density at radius 2 is 1.54 bits per heavy atom. The Balaban J connectivity index is 0.672. The van der Waals surface area contributed by atoms with E-state index in [4.69, 9.17) is 53.7 Å². The van der Waals surface area contributed by atoms with Crippen LogP contribution in [0.2, 0.25) is 0 Å². The van der Waals surface area contributed by atoms with E-state index < -0.39 is 97.1 Å². The summed E-state index contributed by atoms with van der Waals surface area (Å²) in [5.74, 6) is 3.18. The van der Waals surface area contributed by atoms with E-state index in [0.29, 0.717) is 28.9 Å². The number of ether oxygens (including phenoxy) is 6. The first-order valence-electron chi connectivity index (χ1n) is 30.0. The lowest BCUT2D eigenvalue weighted by Gasteiger charge is -2.20. The van der Waals surface area contributed by atoms with E-state index in [9.17, 15) is 57.4 Å². The smallest absolute Gasteiger partial charge is 0.490 e. The van der Waals surface area contributed by atoms with Crippen molar-refractivity contribution in [2.24, 2.45) is 10.2 Å². The highest BCUT2D eigenvalue weighted by Crippen LogP contribution is 2.66. The van der Waals surface area contributed by atoms with Crippen LogP contribution < -0.4 is 47.3 Å². The highest BCUT2D eigenvalue weighted by Gasteiger charge is 2.44. The van der Waals surface area contributed by atoms with E-state index in [1.807, 2.05) is 17.1 Å². The third kappa shape index (κ3) is 20.6. The number of phosphoric acid groups is 3. The number of nitrogens with zero attached hydrogens (tertiary/aromatic N) is 7. The molecule has 2 aromatic heterocycles. The number of azide groups is 2. The topological polar surface area (TPSA) is 528 Å². The fourth-order valence-corrected chi connectivity index (χ4v) is 13.6. The molecule has 3 aliphatic heterocycles. The minimum Gasteiger partial charge on any atom is -0.494 e. The maximum absolute atomic E-state index is 13.1. The average Bonchev–Trinajstić information content (AvgIpc) is 0.860. The van der Waals surface area contributed by atoms with Gasteiger partial charge in [0.25, 0.3) is 11.5 Å². The molecule has 0 saturated carbocycles. The molecule has 37 nitrogen and oxygen atoms in total. The molecule has 6 unspecified atom stereocenters. The van der Waals surface area contributed by atoms with Crippen LogP contribution in [-0.2, 0) is 68.2 Å². The summed E-state index contributed by atoms with van der Waals surface area (Å²) in [7, 11) is -17.2. The first kappa shape index (κ1) is 73.0. The number of H-pyrrole nitrogens is 1. The van der Waals surface area contributed by atoms with Crippen molar-refractivity contribution in [3.63, 3.8) is 0 Å². The summed E-state index contributed by atoms with van der Waals surface area (Å²) in [5, 5.41) is 33.7. The lowest BCUT2D eigenvalue weighted by atomic mass is 9.89. The first-order chi connectivity index (χ1) is 46.9. The minimum absolute atomic E-state index is 0.0899. The molecular formula is C58H65N13O24P3+. The zero-order valence-corrected chi connectivity index (χ0v) is 54.3. The fourth-order valence-electron chi connectivity index (χ4n) is 10.5. The van der Waals surface area contributed by atoms with E-state index >= 15 is 0 Å². The van der Waals surface area contributed by atoms with Gasteiger partial charge in [-0.3, -0.25) is 33.3 Å². The lowest BCUT2D eigenvalue weighted by Crippen LogP contribution is -2.34. The molecule has 6 atom stereocenters. The molecule has 11 N–H and O–H groups in total. The molecule has 9 rings (SSSR count). The van der Waals surface area contributed by atoms with Crippen LogP contribution in [0.1, 0.15) is 75.7 Å². The summed E-state index contributed by atoms with van der Waals surface area (Å²) in [6.45, 7) is -1.00. The summed E-state index contributed by atoms with van der Waals surface area (Å²) >= 11 is 0. The molecule has 98 heavy (non-hydrogen) atoms. The number of hydrogen-bond acceptors (Lipinski definition) is 22. The number of carbonyl (C=O) groups is 4. The molecule has 0 radical (unpaired) electrons. The quantitative estimate of drug-likeness (QED) is 0.00329. The number of nitrogens with one attached hydrogen (secondary N) is 6. The third-order valence-electron chi connectivity index (χ3n) is 14.8. The van der Waals surface area contributed by atoms with Crippen molar-refractivity contribution in [3.05, 3.63) is 142 Å². The number of carboxylic acid groups (broad SMARTS) is 1. The minimum atomic E-state index is -5.87. The van der Waals surface area contributed by atoms with Crippen molar-refractivity contribution in [2.75, 3.05) is 89.7 Å². The zero-order valence-electron chi connectivity index (χ0n) is 51.6. The van der Waals surface area contributed by atoms with Crippen LogP contribution >= 0.6 is 23.5 Å². The number of phosphoric ester groups is 1. The Kier molecular flexibility index (Phi) is 25.2. The van der Waals surface area contributed by atoms with E-state index in [1.54, 1.807) is 30.3 Å². The van der Waals surface area contributed by atoms with Gasteiger partial charge in [0.05, 0.1) is 67.5 Å². The molecule has 6 aromatic rings. The number of amides is 3. The van der Waals surface area contributed by atoms with Gasteiger partial charge >= 0.3 is 46.3 Å². The van der Waals surface area contributed by atoms with Crippen molar-refractivity contribution in [2.45, 2.75) is 69.6 Å². The Morgan fingerprint density at radius 3 is 2.23 bits per heavy atom. The van der Waals surface area contributed by atoms with Crippen LogP contribution in [0.5, 0.6) is 11.5 Å². The van der Waals surface area contributed by atoms with Crippen LogP contribution in [0.4, 0.5) is 11.4 Å². The van der Waals surface area contributed by atoms with E-state index in [-0.39, 0.29) is 87.3 Å². The number of carbonyl (C=O) groups excluding carboxylic acids is 3. The Bertz CT molecular complexity index is 4360. The molecule has 3 aliphatic rings. The standard InChI is InChI=1S/C58H64N13O24P3/c59-69-66-33-90-48-28-53(93-49(48)30-91-97(82,83)95-98(84,85)94-96(79,80)81)71-29-37(56(75)67-58(71)78)9-4-16-63-51(73)31-86-20-21-88-52(68-70-60)32-89-38-10-1-6-36(22-38)55(74)65-18-17-64-50(72)11-5-19-87-39-12-13-40(57(76)77)41(25-39)54-42-23-34-7-2-14-61-44(34)26-46(42)92-47-27-45-35(24-43(47)54)8-3-15-62-45/h1,6,10,12-13,22-27,29,48-49,52-53,61-62H,2-3,5,7-8,11,14-21,28,30-33H2,(H8-,63,64,65,67,72,73,74,75,76,77,78,79,80,81,82,83,84,85)/p+1. The van der Waals surface area contributed by atoms with Gasteiger partial charge in [-0.15, -0.1) is 0 Å². The van der Waals surface area contributed by atoms with Crippen molar-refractivity contribution in [3.8, 4) is 34.5 Å². The average molecular weight is 1420 g/mol. The number of benzene rings is 4. The summed E-state index contributed by atoms with van der Waals surface area (Å²) in [6.07, 6.45) is -0.316. The van der Waals surface area contributed by atoms with Gasteiger partial charge in [-0.2, -0.15) is 8.62 Å². The number of anilines is 2. The second-order valence-electron chi connectivity index (χ2n) is 21.6. The normalized spacial score (nSPS) is 17.1. The molecule has 1 saturated heterocycles. The number of rotatable bonds is 33. The predicted molar refractivity (Wildman–Crippen MR) is 344 cm³/mol. The molecule has 0 aliphatic carbocycles. The van der Waals surface area contributed by atoms with Gasteiger partial charge in [0.15, 0.2) is 6.23 Å². The van der Waals surface area contributed by atoms with E-state index in [0.717, 1.165) is 88.4 Å². The number of aromatic nitrogens is 2. The molecule has 520 valence electrons. The predicted octanol–water partition coefficient (Wildman–Crippen LogP) is 6.00. The van der Waals surface area contributed by atoms with Crippen LogP contribution in [0.15, 0.2) is 97.2 Å². The zero-order chi connectivity index (χ0) is 70.0. The maximum atomic E-state index is 13.1. The molecule has 40 heteroatoms. The largest absolute Gasteiger partial charge is 0.494 e. The lowest BCUT2D eigenvalue weighted by molar-refractivity contribution is -0.126. The van der Waals surface area contributed by atoms with E-state index in [2.05, 4.69) is 83.8 Å². The van der Waals surface area contributed by atoms with E-state index in [1.165, 1.54) is 12.1 Å². The summed E-state index contributed by atoms with van der Waals surface area (Å²) < 4.78 is 88.3. The van der Waals surface area contributed by atoms with Crippen molar-refractivity contribution < 1.29 is 104 Å². The van der Waals surface area contributed by atoms with Gasteiger partial charge in [-0.05, 0) is 103 Å². The molecule has 4 aromatic carbocycles. The molecule has 0 bridgehead atoms. The number of aromatic amines is 1. The van der Waals surface area contributed by atoms with Gasteiger partial charge in [0.1, 0.15) is 49.3 Å². The highest BCUT2D eigenvalue weighted by atomic mass is 31.3. The van der Waals surface area contributed by atoms with Gasteiger partial charge in [-0.1, -0.05) is 28.1 Å². The van der Waals surface area contributed by atoms with Gasteiger partial charge < -0.3 is 79.7 Å². The number of aromatic carboxylic acids is 1. The molecule has 0 spiro atoms. The van der Waals surface area contributed by atoms with Gasteiger partial charge in [0, 0.05) is 83.1 Å². The van der Waals surface area contributed by atoms with Crippen LogP contribution in [0, 0.1) is 11.8 Å². The molecule has 1 fully saturated rings. The highest BCUT2D eigenvalue weighted by molar-refractivity contribution is 7.66. The number of aryl methyl sites for hydroxylation is 2. The van der Waals surface area contributed by atoms with Gasteiger partial charge in [-0.25, -0.2) is 27.7 Å². The second kappa shape index (κ2) is 33.8. The SMILES string of the molecule is [N-]=[N+]=NCOC1CC(n2cc(C#CCNC(=O)COCCOC(COc3cccc(C(=O)NCCNC(=O)CCCOc4ccc(C(=O)O)c(-c5c6cc7c(cc6[o+]c6cc8c(cc56)CCCN8)NCCC7)c4)c3)N=[N+]=[N-])c(=O)[nH]c2=O)OC1COP(=O)(O)OP(=O)(O)OP(=O)(O)O. The Labute approximate surface area is 554 Å². The monoisotopic (exact) mass is 1420 g/mol. The summed E-state index contributed by atoms with van der Waals surface area (Å²) in [4.78, 5) is 121.